The van der Waals surface area contributed by atoms with Gasteiger partial charge in [0.1, 0.15) is 0 Å². The molecule has 0 saturated heterocycles. The Bertz CT molecular complexity index is 333. The van der Waals surface area contributed by atoms with Crippen LogP contribution in [0.4, 0.5) is 0 Å². The molecule has 1 aromatic carbocycles. The predicted molar refractivity (Wildman–Crippen MR) is 64.3 cm³/mol. The molecule has 0 aliphatic carbocycles. The van der Waals surface area contributed by atoms with E-state index in [0.29, 0.717) is 0 Å². The third kappa shape index (κ3) is 3.99. The van der Waals surface area contributed by atoms with Crippen LogP contribution in [0.1, 0.15) is 26.3 Å². The van der Waals surface area contributed by atoms with E-state index >= 15 is 0 Å². The van der Waals surface area contributed by atoms with Crippen LogP contribution in [0.5, 0.6) is 0 Å². The fourth-order valence-corrected chi connectivity index (χ4v) is 1.30. The van der Waals surface area contributed by atoms with Gasteiger partial charge in [0.15, 0.2) is 0 Å². The second kappa shape index (κ2) is 4.68. The monoisotopic (exact) mass is 253 g/mol. The second-order valence-electron chi connectivity index (χ2n) is 4.30. The van der Waals surface area contributed by atoms with E-state index in [1.54, 1.807) is 0 Å². The fraction of sp³-hybridized carbons (Fsp3) is 0.333. The van der Waals surface area contributed by atoms with Gasteiger partial charge in [-0.05, 0) is 0 Å². The van der Waals surface area contributed by atoms with Crippen LogP contribution in [0.15, 0.2) is 35.3 Å². The molecular formula is C12H15NSe. The molecule has 0 aromatic heterocycles. The Labute approximate surface area is 93.6 Å². The van der Waals surface area contributed by atoms with Crippen LogP contribution in [0.2, 0.25) is 0 Å². The molecule has 0 fully saturated rings. The number of hydrogen-bond acceptors (Lipinski definition) is 1. The summed E-state index contributed by atoms with van der Waals surface area (Å²) in [7, 11) is 0. The Kier molecular flexibility index (Phi) is 3.79. The van der Waals surface area contributed by atoms with Crippen molar-refractivity contribution in [3.8, 4) is 0 Å². The van der Waals surface area contributed by atoms with Crippen molar-refractivity contribution < 1.29 is 0 Å². The molecule has 0 amide bonds. The molecule has 0 unspecified atom stereocenters. The molecule has 0 bridgehead atoms. The van der Waals surface area contributed by atoms with Crippen molar-refractivity contribution >= 4 is 26.3 Å². The molecule has 0 saturated carbocycles. The standard InChI is InChI=1S/C12H15NSe/c1-12(2,3)9-13-11(14)10-7-5-4-6-8-10/h4-9H,1-3H3. The van der Waals surface area contributed by atoms with Crippen LogP contribution < -0.4 is 0 Å². The minimum absolute atomic E-state index is 0.129. The molecule has 0 radical (unpaired) electrons. The second-order valence-corrected chi connectivity index (χ2v) is 5.11. The van der Waals surface area contributed by atoms with Crippen molar-refractivity contribution in [2.75, 3.05) is 0 Å². The van der Waals surface area contributed by atoms with Crippen LogP contribution >= 0.6 is 0 Å². The molecule has 74 valence electrons. The summed E-state index contributed by atoms with van der Waals surface area (Å²) in [5.41, 5.74) is 1.26. The molecule has 0 N–H and O–H groups in total. The van der Waals surface area contributed by atoms with Crippen LogP contribution in [-0.2, 0) is 0 Å². The van der Waals surface area contributed by atoms with E-state index in [1.165, 1.54) is 0 Å². The molecule has 0 heterocycles. The maximum atomic E-state index is 4.40. The van der Waals surface area contributed by atoms with E-state index < -0.39 is 0 Å². The average Bonchev–Trinajstić information content (AvgIpc) is 2.14. The Morgan fingerprint density at radius 1 is 1.21 bits per heavy atom. The summed E-state index contributed by atoms with van der Waals surface area (Å²) in [4.78, 5) is 4.40. The predicted octanol–water partition coefficient (Wildman–Crippen LogP) is 2.45. The molecule has 1 aromatic rings. The van der Waals surface area contributed by atoms with E-state index in [2.05, 4.69) is 41.3 Å². The topological polar surface area (TPSA) is 12.4 Å². The minimum atomic E-state index is 0.129. The summed E-state index contributed by atoms with van der Waals surface area (Å²) < 4.78 is 0.945. The first-order chi connectivity index (χ1) is 6.49. The maximum absolute atomic E-state index is 4.40. The summed E-state index contributed by atoms with van der Waals surface area (Å²) in [6.07, 6.45) is 1.96. The number of benzene rings is 1. The van der Waals surface area contributed by atoms with Crippen molar-refractivity contribution in [2.24, 2.45) is 10.4 Å². The first-order valence-electron chi connectivity index (χ1n) is 4.64. The van der Waals surface area contributed by atoms with Gasteiger partial charge in [0.25, 0.3) is 0 Å². The van der Waals surface area contributed by atoms with E-state index in [0.717, 1.165) is 10.1 Å². The van der Waals surface area contributed by atoms with Crippen molar-refractivity contribution in [3.05, 3.63) is 35.9 Å². The molecule has 0 spiro atoms. The molecule has 0 atom stereocenters. The third-order valence-corrected chi connectivity index (χ3v) is 2.31. The van der Waals surface area contributed by atoms with Gasteiger partial charge >= 0.3 is 93.4 Å². The van der Waals surface area contributed by atoms with Gasteiger partial charge in [-0.25, -0.2) is 0 Å². The summed E-state index contributed by atoms with van der Waals surface area (Å²) in [6, 6.07) is 10.1. The molecule has 2 heteroatoms. The number of aliphatic imine (C=N–C) groups is 1. The van der Waals surface area contributed by atoms with Gasteiger partial charge in [0.05, 0.1) is 0 Å². The van der Waals surface area contributed by atoms with Crippen LogP contribution in [0, 0.1) is 5.41 Å². The normalized spacial score (nSPS) is 11.9. The summed E-state index contributed by atoms with van der Waals surface area (Å²) in [6.45, 7) is 6.40. The molecule has 14 heavy (non-hydrogen) atoms. The van der Waals surface area contributed by atoms with Gasteiger partial charge in [-0.3, -0.25) is 0 Å². The van der Waals surface area contributed by atoms with Crippen LogP contribution in [-0.4, -0.2) is 26.3 Å². The van der Waals surface area contributed by atoms with Crippen molar-refractivity contribution in [2.45, 2.75) is 20.8 Å². The van der Waals surface area contributed by atoms with Crippen molar-refractivity contribution in [1.29, 1.82) is 0 Å². The zero-order valence-corrected chi connectivity index (χ0v) is 10.5. The van der Waals surface area contributed by atoms with E-state index in [1.807, 2.05) is 36.5 Å². The fourth-order valence-electron chi connectivity index (χ4n) is 0.908. The van der Waals surface area contributed by atoms with E-state index in [4.69, 9.17) is 0 Å². The third-order valence-electron chi connectivity index (χ3n) is 1.59. The van der Waals surface area contributed by atoms with E-state index in [9.17, 15) is 0 Å². The van der Waals surface area contributed by atoms with Gasteiger partial charge in [0.2, 0.25) is 0 Å². The van der Waals surface area contributed by atoms with Crippen molar-refractivity contribution in [1.82, 2.24) is 0 Å². The Morgan fingerprint density at radius 3 is 2.29 bits per heavy atom. The number of rotatable bonds is 2. The van der Waals surface area contributed by atoms with Crippen molar-refractivity contribution in [3.63, 3.8) is 0 Å². The van der Waals surface area contributed by atoms with Gasteiger partial charge in [-0.2, -0.15) is 0 Å². The van der Waals surface area contributed by atoms with Gasteiger partial charge < -0.3 is 0 Å². The molecule has 1 rings (SSSR count). The van der Waals surface area contributed by atoms with Crippen LogP contribution in [0.3, 0.4) is 0 Å². The molecular weight excluding hydrogens is 237 g/mol. The van der Waals surface area contributed by atoms with E-state index in [-0.39, 0.29) is 5.41 Å². The zero-order chi connectivity index (χ0) is 10.6. The molecule has 0 aliphatic rings. The Morgan fingerprint density at radius 2 is 1.79 bits per heavy atom. The summed E-state index contributed by atoms with van der Waals surface area (Å²) >= 11 is 2.98. The first kappa shape index (κ1) is 11.4. The number of nitrogens with zero attached hydrogens (tertiary/aromatic N) is 1. The van der Waals surface area contributed by atoms with Gasteiger partial charge in [0, 0.05) is 0 Å². The molecule has 1 nitrogen and oxygen atoms in total. The van der Waals surface area contributed by atoms with Gasteiger partial charge in [-0.15, -0.1) is 0 Å². The first-order valence-corrected chi connectivity index (χ1v) is 5.49. The SMILES string of the molecule is CC(C)(C)C=NC(=[Se])c1ccccc1. The Hall–Kier alpha value is -0.721. The quantitative estimate of drug-likeness (QED) is 0.566. The summed E-state index contributed by atoms with van der Waals surface area (Å²) in [5, 5.41) is 0. The molecule has 0 aliphatic heterocycles. The average molecular weight is 252 g/mol. The van der Waals surface area contributed by atoms with Gasteiger partial charge in [-0.1, -0.05) is 0 Å². The Balaban J connectivity index is 2.74. The van der Waals surface area contributed by atoms with Crippen LogP contribution in [0.25, 0.3) is 0 Å². The number of hydrogen-bond donors (Lipinski definition) is 0. The summed E-state index contributed by atoms with van der Waals surface area (Å²) in [5.74, 6) is 0. The zero-order valence-electron chi connectivity index (χ0n) is 8.82.